The Labute approximate surface area is 122 Å². The average Bonchev–Trinajstić information content (AvgIpc) is 2.42. The summed E-state index contributed by atoms with van der Waals surface area (Å²) in [5.74, 6) is -1.47. The molecule has 0 bridgehead atoms. The van der Waals surface area contributed by atoms with Crippen molar-refractivity contribution in [2.45, 2.75) is 13.8 Å². The van der Waals surface area contributed by atoms with Gasteiger partial charge in [0.05, 0.1) is 0 Å². The first-order valence-electron chi connectivity index (χ1n) is 6.44. The molecule has 0 saturated heterocycles. The van der Waals surface area contributed by atoms with Gasteiger partial charge in [0.2, 0.25) is 5.91 Å². The minimum Gasteiger partial charge on any atom is -0.478 e. The number of aryl methyl sites for hydroxylation is 1. The highest BCUT2D eigenvalue weighted by molar-refractivity contribution is 5.95. The number of hydrogen-bond acceptors (Lipinski definition) is 3. The molecule has 0 radical (unpaired) electrons. The second-order valence-electron chi connectivity index (χ2n) is 4.48. The molecule has 0 atom stereocenters. The van der Waals surface area contributed by atoms with Gasteiger partial charge in [0.25, 0.3) is 5.91 Å². The zero-order valence-electron chi connectivity index (χ0n) is 12.0. The van der Waals surface area contributed by atoms with E-state index in [4.69, 9.17) is 5.11 Å². The highest BCUT2D eigenvalue weighted by atomic mass is 16.4. The van der Waals surface area contributed by atoms with Crippen LogP contribution in [0.2, 0.25) is 0 Å². The Morgan fingerprint density at radius 3 is 2.48 bits per heavy atom. The number of amides is 2. The van der Waals surface area contributed by atoms with Crippen LogP contribution in [0, 0.1) is 6.92 Å². The molecule has 0 aliphatic rings. The smallest absolute Gasteiger partial charge is 0.328 e. The zero-order valence-corrected chi connectivity index (χ0v) is 12.0. The van der Waals surface area contributed by atoms with Gasteiger partial charge in [-0.1, -0.05) is 6.07 Å². The van der Waals surface area contributed by atoms with Crippen molar-refractivity contribution in [2.75, 3.05) is 13.1 Å². The summed E-state index contributed by atoms with van der Waals surface area (Å²) in [5, 5.41) is 13.9. The summed E-state index contributed by atoms with van der Waals surface area (Å²) in [7, 11) is 0. The van der Waals surface area contributed by atoms with Crippen molar-refractivity contribution in [1.29, 1.82) is 0 Å². The molecule has 3 N–H and O–H groups in total. The Morgan fingerprint density at radius 2 is 1.86 bits per heavy atom. The van der Waals surface area contributed by atoms with E-state index < -0.39 is 5.97 Å². The normalized spacial score (nSPS) is 10.4. The van der Waals surface area contributed by atoms with Crippen LogP contribution in [0.25, 0.3) is 6.08 Å². The average molecular weight is 290 g/mol. The lowest BCUT2D eigenvalue weighted by atomic mass is 10.0. The van der Waals surface area contributed by atoms with Crippen LogP contribution in [0.3, 0.4) is 0 Å². The standard InChI is InChI=1S/C15H18N2O4/c1-10-3-4-13(9-12(10)5-6-14(19)20)15(21)17-8-7-16-11(2)18/h3-6,9H,7-8H2,1-2H3,(H,16,18)(H,17,21)(H,19,20)/b6-5+. The molecule has 0 aromatic heterocycles. The maximum absolute atomic E-state index is 11.9. The van der Waals surface area contributed by atoms with Crippen LogP contribution in [0.5, 0.6) is 0 Å². The van der Waals surface area contributed by atoms with E-state index in [0.29, 0.717) is 24.2 Å². The van der Waals surface area contributed by atoms with Gasteiger partial charge in [0.15, 0.2) is 0 Å². The highest BCUT2D eigenvalue weighted by Gasteiger charge is 2.06. The Morgan fingerprint density at radius 1 is 1.19 bits per heavy atom. The Balaban J connectivity index is 2.70. The minimum atomic E-state index is -1.04. The Hall–Kier alpha value is -2.63. The van der Waals surface area contributed by atoms with Crippen molar-refractivity contribution in [2.24, 2.45) is 0 Å². The number of carbonyl (C=O) groups is 3. The molecule has 0 heterocycles. The van der Waals surface area contributed by atoms with Crippen LogP contribution >= 0.6 is 0 Å². The van der Waals surface area contributed by atoms with Crippen molar-refractivity contribution in [3.05, 3.63) is 41.0 Å². The molecule has 0 fully saturated rings. The highest BCUT2D eigenvalue weighted by Crippen LogP contribution is 2.13. The number of carboxylic acid groups (broad SMARTS) is 1. The van der Waals surface area contributed by atoms with Gasteiger partial charge in [0, 0.05) is 31.7 Å². The molecule has 1 rings (SSSR count). The SMILES string of the molecule is CC(=O)NCCNC(=O)c1ccc(C)c(/C=C/C(=O)O)c1. The molecule has 0 aliphatic carbocycles. The van der Waals surface area contributed by atoms with Crippen LogP contribution < -0.4 is 10.6 Å². The van der Waals surface area contributed by atoms with E-state index in [9.17, 15) is 14.4 Å². The number of rotatable bonds is 6. The molecular weight excluding hydrogens is 272 g/mol. The van der Waals surface area contributed by atoms with Crippen LogP contribution in [0.15, 0.2) is 24.3 Å². The zero-order chi connectivity index (χ0) is 15.8. The van der Waals surface area contributed by atoms with Crippen molar-refractivity contribution < 1.29 is 19.5 Å². The van der Waals surface area contributed by atoms with Crippen molar-refractivity contribution in [3.63, 3.8) is 0 Å². The first kappa shape index (κ1) is 16.4. The largest absolute Gasteiger partial charge is 0.478 e. The summed E-state index contributed by atoms with van der Waals surface area (Å²) in [5.41, 5.74) is 1.99. The second kappa shape index (κ2) is 7.84. The van der Waals surface area contributed by atoms with Crippen LogP contribution in [-0.2, 0) is 9.59 Å². The van der Waals surface area contributed by atoms with E-state index in [1.54, 1.807) is 18.2 Å². The van der Waals surface area contributed by atoms with Gasteiger partial charge in [-0.15, -0.1) is 0 Å². The lowest BCUT2D eigenvalue weighted by Gasteiger charge is -2.08. The van der Waals surface area contributed by atoms with Gasteiger partial charge in [0.1, 0.15) is 0 Å². The third kappa shape index (κ3) is 5.90. The topological polar surface area (TPSA) is 95.5 Å². The van der Waals surface area contributed by atoms with Gasteiger partial charge in [-0.3, -0.25) is 9.59 Å². The quantitative estimate of drug-likeness (QED) is 0.537. The Bertz CT molecular complexity index is 579. The number of carbonyl (C=O) groups excluding carboxylic acids is 2. The van der Waals surface area contributed by atoms with E-state index >= 15 is 0 Å². The molecule has 1 aromatic rings. The summed E-state index contributed by atoms with van der Waals surface area (Å²) in [4.78, 5) is 33.1. The summed E-state index contributed by atoms with van der Waals surface area (Å²) in [6.07, 6.45) is 2.48. The van der Waals surface area contributed by atoms with Crippen molar-refractivity contribution in [1.82, 2.24) is 10.6 Å². The molecule has 0 unspecified atom stereocenters. The summed E-state index contributed by atoms with van der Waals surface area (Å²) < 4.78 is 0. The molecule has 21 heavy (non-hydrogen) atoms. The van der Waals surface area contributed by atoms with E-state index in [2.05, 4.69) is 10.6 Å². The Kier molecular flexibility index (Phi) is 6.13. The van der Waals surface area contributed by atoms with E-state index in [0.717, 1.165) is 11.6 Å². The third-order valence-corrected chi connectivity index (χ3v) is 2.73. The van der Waals surface area contributed by atoms with Gasteiger partial charge in [-0.25, -0.2) is 4.79 Å². The van der Waals surface area contributed by atoms with Gasteiger partial charge in [-0.2, -0.15) is 0 Å². The first-order chi connectivity index (χ1) is 9.90. The summed E-state index contributed by atoms with van der Waals surface area (Å²) in [6.45, 7) is 3.92. The van der Waals surface area contributed by atoms with E-state index in [1.165, 1.54) is 13.0 Å². The lowest BCUT2D eigenvalue weighted by Crippen LogP contribution is -2.33. The maximum atomic E-state index is 11.9. The molecule has 112 valence electrons. The maximum Gasteiger partial charge on any atom is 0.328 e. The van der Waals surface area contributed by atoms with Gasteiger partial charge < -0.3 is 15.7 Å². The predicted molar refractivity (Wildman–Crippen MR) is 78.9 cm³/mol. The molecule has 6 nitrogen and oxygen atoms in total. The molecule has 0 saturated carbocycles. The van der Waals surface area contributed by atoms with Crippen LogP contribution in [0.1, 0.15) is 28.4 Å². The van der Waals surface area contributed by atoms with Crippen LogP contribution in [0.4, 0.5) is 0 Å². The molecule has 2 amide bonds. The van der Waals surface area contributed by atoms with Crippen molar-refractivity contribution >= 4 is 23.9 Å². The summed E-state index contributed by atoms with van der Waals surface area (Å²) >= 11 is 0. The molecule has 0 spiro atoms. The fourth-order valence-corrected chi connectivity index (χ4v) is 1.64. The number of nitrogens with one attached hydrogen (secondary N) is 2. The first-order valence-corrected chi connectivity index (χ1v) is 6.44. The minimum absolute atomic E-state index is 0.152. The predicted octanol–water partition coefficient (Wildman–Crippen LogP) is 0.959. The fraction of sp³-hybridized carbons (Fsp3) is 0.267. The van der Waals surface area contributed by atoms with Crippen molar-refractivity contribution in [3.8, 4) is 0 Å². The number of hydrogen-bond donors (Lipinski definition) is 3. The van der Waals surface area contributed by atoms with Gasteiger partial charge >= 0.3 is 5.97 Å². The molecule has 6 heteroatoms. The number of benzene rings is 1. The molecular formula is C15H18N2O4. The van der Waals surface area contributed by atoms with E-state index in [1.807, 2.05) is 6.92 Å². The lowest BCUT2D eigenvalue weighted by molar-refractivity contribution is -0.131. The number of carboxylic acids is 1. The summed E-state index contributed by atoms with van der Waals surface area (Å²) in [6, 6.07) is 5.05. The fourth-order valence-electron chi connectivity index (χ4n) is 1.64. The second-order valence-corrected chi connectivity index (χ2v) is 4.48. The monoisotopic (exact) mass is 290 g/mol. The number of aliphatic carboxylic acids is 1. The third-order valence-electron chi connectivity index (χ3n) is 2.73. The van der Waals surface area contributed by atoms with Crippen LogP contribution in [-0.4, -0.2) is 36.0 Å². The molecule has 0 aliphatic heterocycles. The molecule has 1 aromatic carbocycles. The van der Waals surface area contributed by atoms with Gasteiger partial charge in [-0.05, 0) is 36.3 Å². The van der Waals surface area contributed by atoms with E-state index in [-0.39, 0.29) is 11.8 Å².